The molecule has 0 bridgehead atoms. The van der Waals surface area contributed by atoms with Gasteiger partial charge in [-0.3, -0.25) is 9.36 Å². The molecule has 3 heterocycles. The smallest absolute Gasteiger partial charge is 0.267 e. The van der Waals surface area contributed by atoms with E-state index in [-0.39, 0.29) is 39.1 Å². The molecule has 200 valence electrons. The molecule has 1 atom stereocenters. The molecule has 3 N–H and O–H groups in total. The van der Waals surface area contributed by atoms with E-state index in [1.54, 1.807) is 37.4 Å². The molecule has 0 saturated heterocycles. The van der Waals surface area contributed by atoms with Crippen LogP contribution in [0, 0.1) is 23.5 Å². The molecule has 12 heteroatoms. The summed E-state index contributed by atoms with van der Waals surface area (Å²) in [7, 11) is 1.50. The summed E-state index contributed by atoms with van der Waals surface area (Å²) in [5, 5.41) is 3.41. The van der Waals surface area contributed by atoms with Crippen molar-refractivity contribution in [2.24, 2.45) is 0 Å². The van der Waals surface area contributed by atoms with Crippen LogP contribution in [-0.4, -0.2) is 31.6 Å². The highest BCUT2D eigenvalue weighted by Crippen LogP contribution is 2.27. The van der Waals surface area contributed by atoms with Crippen molar-refractivity contribution in [3.05, 3.63) is 105 Å². The molecule has 0 aliphatic heterocycles. The van der Waals surface area contributed by atoms with Crippen LogP contribution in [0.5, 0.6) is 5.75 Å². The Kier molecular flexibility index (Phi) is 7.27. The predicted octanol–water partition coefficient (Wildman–Crippen LogP) is 4.67. The van der Waals surface area contributed by atoms with E-state index in [0.717, 1.165) is 16.7 Å². The number of fused-ring (bicyclic) bond motifs is 1. The monoisotopic (exact) mass is 559 g/mol. The van der Waals surface area contributed by atoms with E-state index in [2.05, 4.69) is 37.1 Å². The largest absolute Gasteiger partial charge is 0.494 e. The van der Waals surface area contributed by atoms with Gasteiger partial charge in [-0.1, -0.05) is 23.6 Å². The van der Waals surface area contributed by atoms with Gasteiger partial charge >= 0.3 is 0 Å². The summed E-state index contributed by atoms with van der Waals surface area (Å²) in [5.41, 5.74) is 6.40. The van der Waals surface area contributed by atoms with E-state index >= 15 is 0 Å². The Morgan fingerprint density at radius 1 is 1.07 bits per heavy atom. The highest BCUT2D eigenvalue weighted by molar-refractivity contribution is 6.35. The lowest BCUT2D eigenvalue weighted by atomic mass is 10.2. The van der Waals surface area contributed by atoms with Crippen LogP contribution in [0.25, 0.3) is 16.6 Å². The van der Waals surface area contributed by atoms with Crippen molar-refractivity contribution in [1.29, 1.82) is 0 Å². The minimum Gasteiger partial charge on any atom is -0.494 e. The number of halogens is 3. The zero-order valence-electron chi connectivity index (χ0n) is 21.1. The third-order valence-corrected chi connectivity index (χ3v) is 6.21. The van der Waals surface area contributed by atoms with Crippen LogP contribution in [0.15, 0.2) is 65.8 Å². The molecule has 0 aliphatic carbocycles. The number of methoxy groups -OCH3 is 1. The molecule has 0 radical (unpaired) electrons. The fraction of sp³-hybridized carbons (Fsp3) is 0.107. The number of ether oxygens (including phenoxy) is 1. The van der Waals surface area contributed by atoms with Crippen LogP contribution < -0.4 is 21.3 Å². The zero-order chi connectivity index (χ0) is 28.4. The zero-order valence-corrected chi connectivity index (χ0v) is 21.9. The molecule has 0 saturated carbocycles. The second-order valence-corrected chi connectivity index (χ2v) is 8.93. The van der Waals surface area contributed by atoms with Crippen molar-refractivity contribution in [2.45, 2.75) is 13.0 Å². The third-order valence-electron chi connectivity index (χ3n) is 5.89. The standard InChI is InChI=1S/C28H20ClF2N7O2/c1-15(36-26-19(25(32)34-14-35-26)8-9-21-23(40-2)7-4-10-33-21)27-37-22-6-3-5-20(29)24(22)28(39)38(27)18-12-16(30)11-17(31)13-18/h3-7,10-15H,1-2H3,(H3,32,34,35,36)/t15-/m0/s1. The van der Waals surface area contributed by atoms with E-state index in [1.807, 2.05) is 0 Å². The first-order valence-corrected chi connectivity index (χ1v) is 12.2. The summed E-state index contributed by atoms with van der Waals surface area (Å²) in [6.07, 6.45) is 2.82. The average Bonchev–Trinajstić information content (AvgIpc) is 2.92. The fourth-order valence-electron chi connectivity index (χ4n) is 4.09. The molecule has 0 unspecified atom stereocenters. The van der Waals surface area contributed by atoms with Crippen LogP contribution in [0.2, 0.25) is 5.02 Å². The Labute approximate surface area is 231 Å². The first-order valence-electron chi connectivity index (χ1n) is 11.8. The molecule has 0 aliphatic rings. The van der Waals surface area contributed by atoms with E-state index < -0.39 is 23.2 Å². The van der Waals surface area contributed by atoms with Gasteiger partial charge in [0.1, 0.15) is 41.0 Å². The number of nitrogens with zero attached hydrogens (tertiary/aromatic N) is 5. The van der Waals surface area contributed by atoms with Gasteiger partial charge in [-0.05, 0) is 49.2 Å². The molecular formula is C28H20ClF2N7O2. The lowest BCUT2D eigenvalue weighted by Gasteiger charge is -2.21. The van der Waals surface area contributed by atoms with Gasteiger partial charge in [-0.2, -0.15) is 0 Å². The first-order chi connectivity index (χ1) is 19.3. The summed E-state index contributed by atoms with van der Waals surface area (Å²) in [4.78, 5) is 30.8. The molecule has 0 spiro atoms. The second kappa shape index (κ2) is 11.0. The number of pyridine rings is 1. The molecule has 5 rings (SSSR count). The summed E-state index contributed by atoms with van der Waals surface area (Å²) >= 11 is 6.31. The molecule has 40 heavy (non-hydrogen) atoms. The SMILES string of the molecule is COc1cccnc1C#Cc1c(N)ncnc1N[C@@H](C)c1nc2cccc(Cl)c2c(=O)n1-c1cc(F)cc(F)c1. The number of benzene rings is 2. The quantitative estimate of drug-likeness (QED) is 0.298. The number of hydrogen-bond donors (Lipinski definition) is 2. The van der Waals surface area contributed by atoms with Gasteiger partial charge in [-0.25, -0.2) is 28.7 Å². The van der Waals surface area contributed by atoms with Crippen LogP contribution in [0.3, 0.4) is 0 Å². The highest BCUT2D eigenvalue weighted by Gasteiger charge is 2.22. The Bertz CT molecular complexity index is 1870. The van der Waals surface area contributed by atoms with Crippen molar-refractivity contribution in [2.75, 3.05) is 18.2 Å². The number of hydrogen-bond acceptors (Lipinski definition) is 8. The molecule has 2 aromatic carbocycles. The number of nitrogens with two attached hydrogens (primary N) is 1. The summed E-state index contributed by atoms with van der Waals surface area (Å²) < 4.78 is 34.8. The van der Waals surface area contributed by atoms with Crippen LogP contribution in [0.1, 0.15) is 30.0 Å². The van der Waals surface area contributed by atoms with Crippen LogP contribution in [-0.2, 0) is 0 Å². The van der Waals surface area contributed by atoms with Crippen molar-refractivity contribution >= 4 is 34.1 Å². The topological polar surface area (TPSA) is 121 Å². The Hall–Kier alpha value is -5.08. The normalized spacial score (nSPS) is 11.5. The minimum atomic E-state index is -0.862. The predicted molar refractivity (Wildman–Crippen MR) is 148 cm³/mol. The van der Waals surface area contributed by atoms with Crippen molar-refractivity contribution in [3.63, 3.8) is 0 Å². The van der Waals surface area contributed by atoms with Crippen LogP contribution >= 0.6 is 11.6 Å². The Balaban J connectivity index is 1.64. The summed E-state index contributed by atoms with van der Waals surface area (Å²) in [5.74, 6) is 5.04. The summed E-state index contributed by atoms with van der Waals surface area (Å²) in [6, 6.07) is 10.3. The lowest BCUT2D eigenvalue weighted by Crippen LogP contribution is -2.28. The number of nitrogen functional groups attached to an aromatic ring is 1. The van der Waals surface area contributed by atoms with Crippen molar-refractivity contribution in [1.82, 2.24) is 24.5 Å². The lowest BCUT2D eigenvalue weighted by molar-refractivity contribution is 0.411. The van der Waals surface area contributed by atoms with Gasteiger partial charge in [0.05, 0.1) is 34.8 Å². The molecule has 9 nitrogen and oxygen atoms in total. The maximum Gasteiger partial charge on any atom is 0.267 e. The van der Waals surface area contributed by atoms with Gasteiger partial charge in [0.15, 0.2) is 11.4 Å². The Morgan fingerprint density at radius 2 is 1.85 bits per heavy atom. The van der Waals surface area contributed by atoms with Gasteiger partial charge in [0.25, 0.3) is 5.56 Å². The minimum absolute atomic E-state index is 0.0649. The molecule has 3 aromatic heterocycles. The molecule has 5 aromatic rings. The van der Waals surface area contributed by atoms with Gasteiger partial charge in [-0.15, -0.1) is 0 Å². The van der Waals surface area contributed by atoms with E-state index in [0.29, 0.717) is 23.0 Å². The third kappa shape index (κ3) is 5.12. The van der Waals surface area contributed by atoms with E-state index in [1.165, 1.54) is 19.5 Å². The van der Waals surface area contributed by atoms with Crippen molar-refractivity contribution in [3.8, 4) is 23.3 Å². The first kappa shape index (κ1) is 26.5. The molecular weight excluding hydrogens is 540 g/mol. The van der Waals surface area contributed by atoms with E-state index in [9.17, 15) is 13.6 Å². The van der Waals surface area contributed by atoms with Gasteiger partial charge < -0.3 is 15.8 Å². The number of aromatic nitrogens is 5. The molecule has 0 fully saturated rings. The number of rotatable bonds is 5. The van der Waals surface area contributed by atoms with E-state index in [4.69, 9.17) is 22.1 Å². The highest BCUT2D eigenvalue weighted by atomic mass is 35.5. The second-order valence-electron chi connectivity index (χ2n) is 8.52. The Morgan fingerprint density at radius 3 is 2.60 bits per heavy atom. The molecule has 0 amide bonds. The fourth-order valence-corrected chi connectivity index (χ4v) is 4.34. The van der Waals surface area contributed by atoms with Gasteiger partial charge in [0.2, 0.25) is 0 Å². The summed E-state index contributed by atoms with van der Waals surface area (Å²) in [6.45, 7) is 1.70. The van der Waals surface area contributed by atoms with Crippen molar-refractivity contribution < 1.29 is 13.5 Å². The number of nitrogens with one attached hydrogen (secondary N) is 1. The van der Waals surface area contributed by atoms with Gasteiger partial charge in [0, 0.05) is 12.3 Å². The number of anilines is 2. The maximum atomic E-state index is 14.2. The average molecular weight is 560 g/mol. The maximum absolute atomic E-state index is 14.2. The van der Waals surface area contributed by atoms with Crippen LogP contribution in [0.4, 0.5) is 20.4 Å².